The van der Waals surface area contributed by atoms with E-state index in [-0.39, 0.29) is 10.7 Å². The quantitative estimate of drug-likeness (QED) is 0.239. The number of allylic oxidation sites excluding steroid dienone is 1. The second-order valence-corrected chi connectivity index (χ2v) is 10.5. The maximum Gasteiger partial charge on any atom is 0.257 e. The third kappa shape index (κ3) is 4.65. The van der Waals surface area contributed by atoms with Crippen molar-refractivity contribution in [2.75, 3.05) is 0 Å². The topological polar surface area (TPSA) is 69.6 Å². The Kier molecular flexibility index (Phi) is 6.11. The standard InChI is InChI=1S/C23H25N5OS2/c1-6-13-28-19(16-9-11-17(12-10-16)23(3,4)5)24-27-22(28)31-15(2)20-25-26-21(29-20)18-8-7-14-30-18/h6-12,14-15H,1,13H2,2-5H3/t15-/m1/s1. The Labute approximate surface area is 190 Å². The molecule has 0 aliphatic rings. The van der Waals surface area contributed by atoms with E-state index in [0.717, 1.165) is 21.4 Å². The number of thiophene rings is 1. The normalized spacial score (nSPS) is 12.8. The predicted molar refractivity (Wildman–Crippen MR) is 126 cm³/mol. The highest BCUT2D eigenvalue weighted by atomic mass is 32.2. The van der Waals surface area contributed by atoms with Gasteiger partial charge in [0.2, 0.25) is 5.89 Å². The van der Waals surface area contributed by atoms with Crippen molar-refractivity contribution >= 4 is 23.1 Å². The van der Waals surface area contributed by atoms with E-state index in [1.54, 1.807) is 23.1 Å². The third-order valence-corrected chi connectivity index (χ3v) is 6.77. The molecule has 0 spiro atoms. The zero-order valence-corrected chi connectivity index (χ0v) is 19.7. The first-order valence-corrected chi connectivity index (χ1v) is 11.8. The lowest BCUT2D eigenvalue weighted by Gasteiger charge is -2.19. The van der Waals surface area contributed by atoms with Gasteiger partial charge in [-0.1, -0.05) is 68.9 Å². The molecule has 0 saturated carbocycles. The molecule has 1 aromatic carbocycles. The summed E-state index contributed by atoms with van der Waals surface area (Å²) in [5.41, 5.74) is 2.42. The Hall–Kier alpha value is -2.71. The van der Waals surface area contributed by atoms with Gasteiger partial charge in [-0.15, -0.1) is 38.3 Å². The molecule has 0 radical (unpaired) electrons. The minimum Gasteiger partial charge on any atom is -0.419 e. The molecule has 160 valence electrons. The van der Waals surface area contributed by atoms with Crippen molar-refractivity contribution in [3.63, 3.8) is 0 Å². The van der Waals surface area contributed by atoms with E-state index in [4.69, 9.17) is 4.42 Å². The Morgan fingerprint density at radius 2 is 1.90 bits per heavy atom. The molecule has 6 nitrogen and oxygen atoms in total. The second-order valence-electron chi connectivity index (χ2n) is 8.22. The molecular weight excluding hydrogens is 426 g/mol. The monoisotopic (exact) mass is 451 g/mol. The molecule has 1 atom stereocenters. The first-order valence-electron chi connectivity index (χ1n) is 10.1. The minimum atomic E-state index is -0.0647. The summed E-state index contributed by atoms with van der Waals surface area (Å²) in [5, 5.41) is 20.0. The van der Waals surface area contributed by atoms with Crippen molar-refractivity contribution < 1.29 is 4.42 Å². The summed E-state index contributed by atoms with van der Waals surface area (Å²) in [6.07, 6.45) is 1.85. The zero-order valence-electron chi connectivity index (χ0n) is 18.1. The predicted octanol–water partition coefficient (Wildman–Crippen LogP) is 6.39. The van der Waals surface area contributed by atoms with Crippen LogP contribution in [-0.4, -0.2) is 25.0 Å². The van der Waals surface area contributed by atoms with E-state index in [0.29, 0.717) is 18.3 Å². The van der Waals surface area contributed by atoms with Gasteiger partial charge < -0.3 is 4.42 Å². The summed E-state index contributed by atoms with van der Waals surface area (Å²) in [6.45, 7) is 13.2. The molecule has 0 aliphatic carbocycles. The van der Waals surface area contributed by atoms with Crippen LogP contribution in [0.3, 0.4) is 0 Å². The Morgan fingerprint density at radius 1 is 1.13 bits per heavy atom. The number of hydrogen-bond donors (Lipinski definition) is 0. The lowest BCUT2D eigenvalue weighted by atomic mass is 9.87. The summed E-state index contributed by atoms with van der Waals surface area (Å²) in [4.78, 5) is 0.965. The van der Waals surface area contributed by atoms with Gasteiger partial charge >= 0.3 is 0 Å². The highest BCUT2D eigenvalue weighted by Gasteiger charge is 2.22. The fourth-order valence-corrected chi connectivity index (χ4v) is 4.64. The van der Waals surface area contributed by atoms with E-state index >= 15 is 0 Å². The molecule has 0 N–H and O–H groups in total. The van der Waals surface area contributed by atoms with Gasteiger partial charge in [0.15, 0.2) is 11.0 Å². The van der Waals surface area contributed by atoms with Gasteiger partial charge in [-0.3, -0.25) is 4.57 Å². The van der Waals surface area contributed by atoms with Gasteiger partial charge in [0.25, 0.3) is 5.89 Å². The Balaban J connectivity index is 1.58. The molecule has 0 amide bonds. The van der Waals surface area contributed by atoms with Crippen LogP contribution in [0.5, 0.6) is 0 Å². The Bertz CT molecular complexity index is 1150. The fraction of sp³-hybridized carbons (Fsp3) is 0.304. The van der Waals surface area contributed by atoms with Gasteiger partial charge in [0, 0.05) is 12.1 Å². The summed E-state index contributed by atoms with van der Waals surface area (Å²) in [6, 6.07) is 12.5. The average Bonchev–Trinajstić information content (AvgIpc) is 3.49. The second kappa shape index (κ2) is 8.80. The minimum absolute atomic E-state index is 0.0647. The molecule has 4 aromatic rings. The van der Waals surface area contributed by atoms with Crippen LogP contribution in [0.1, 0.15) is 44.4 Å². The zero-order chi connectivity index (χ0) is 22.0. The third-order valence-electron chi connectivity index (χ3n) is 4.84. The molecule has 4 rings (SSSR count). The van der Waals surface area contributed by atoms with Gasteiger partial charge in [0.1, 0.15) is 0 Å². The van der Waals surface area contributed by atoms with E-state index in [1.807, 2.05) is 30.5 Å². The van der Waals surface area contributed by atoms with Gasteiger partial charge in [-0.2, -0.15) is 0 Å². The number of rotatable bonds is 7. The van der Waals surface area contributed by atoms with Crippen LogP contribution in [-0.2, 0) is 12.0 Å². The van der Waals surface area contributed by atoms with Crippen LogP contribution in [0, 0.1) is 0 Å². The average molecular weight is 452 g/mol. The van der Waals surface area contributed by atoms with E-state index in [2.05, 4.69) is 76.6 Å². The van der Waals surface area contributed by atoms with Gasteiger partial charge in [-0.05, 0) is 29.3 Å². The van der Waals surface area contributed by atoms with Crippen LogP contribution < -0.4 is 0 Å². The SMILES string of the molecule is C=CCn1c(S[C@H](C)c2nnc(-c3cccs3)o2)nnc1-c1ccc(C(C)(C)C)cc1. The van der Waals surface area contributed by atoms with Crippen molar-refractivity contribution in [2.24, 2.45) is 0 Å². The van der Waals surface area contributed by atoms with E-state index < -0.39 is 0 Å². The van der Waals surface area contributed by atoms with Crippen LogP contribution in [0.15, 0.2) is 64.0 Å². The lowest BCUT2D eigenvalue weighted by molar-refractivity contribution is 0.509. The molecule has 3 heterocycles. The molecule has 8 heteroatoms. The van der Waals surface area contributed by atoms with Crippen molar-refractivity contribution in [2.45, 2.75) is 50.1 Å². The molecular formula is C23H25N5OS2. The summed E-state index contributed by atoms with van der Waals surface area (Å²) in [5.74, 6) is 1.93. The number of nitrogens with zero attached hydrogens (tertiary/aromatic N) is 5. The smallest absolute Gasteiger partial charge is 0.257 e. The summed E-state index contributed by atoms with van der Waals surface area (Å²) in [7, 11) is 0. The van der Waals surface area contributed by atoms with Crippen molar-refractivity contribution in [3.05, 3.63) is 65.9 Å². The van der Waals surface area contributed by atoms with Gasteiger partial charge in [-0.25, -0.2) is 0 Å². The number of aromatic nitrogens is 5. The molecule has 0 unspecified atom stereocenters. The number of benzene rings is 1. The maximum absolute atomic E-state index is 5.89. The molecule has 31 heavy (non-hydrogen) atoms. The number of hydrogen-bond acceptors (Lipinski definition) is 7. The molecule has 3 aromatic heterocycles. The van der Waals surface area contributed by atoms with Crippen LogP contribution in [0.2, 0.25) is 0 Å². The van der Waals surface area contributed by atoms with Crippen LogP contribution >= 0.6 is 23.1 Å². The van der Waals surface area contributed by atoms with Crippen LogP contribution in [0.25, 0.3) is 22.2 Å². The maximum atomic E-state index is 5.89. The van der Waals surface area contributed by atoms with E-state index in [1.165, 1.54) is 5.56 Å². The van der Waals surface area contributed by atoms with E-state index in [9.17, 15) is 0 Å². The largest absolute Gasteiger partial charge is 0.419 e. The fourth-order valence-electron chi connectivity index (χ4n) is 3.11. The summed E-state index contributed by atoms with van der Waals surface area (Å²) < 4.78 is 7.95. The molecule has 0 aliphatic heterocycles. The molecule has 0 fully saturated rings. The number of thioether (sulfide) groups is 1. The lowest BCUT2D eigenvalue weighted by Crippen LogP contribution is -2.10. The highest BCUT2D eigenvalue weighted by molar-refractivity contribution is 7.99. The van der Waals surface area contributed by atoms with Gasteiger partial charge in [0.05, 0.1) is 10.1 Å². The highest BCUT2D eigenvalue weighted by Crippen LogP contribution is 2.36. The molecule has 0 bridgehead atoms. The summed E-state index contributed by atoms with van der Waals surface area (Å²) >= 11 is 3.12. The van der Waals surface area contributed by atoms with Crippen molar-refractivity contribution in [1.29, 1.82) is 0 Å². The Morgan fingerprint density at radius 3 is 2.55 bits per heavy atom. The first-order chi connectivity index (χ1) is 14.9. The van der Waals surface area contributed by atoms with Crippen molar-refractivity contribution in [1.82, 2.24) is 25.0 Å². The first kappa shape index (κ1) is 21.5. The van der Waals surface area contributed by atoms with Crippen molar-refractivity contribution in [3.8, 4) is 22.2 Å². The molecule has 0 saturated heterocycles. The van der Waals surface area contributed by atoms with Crippen LogP contribution in [0.4, 0.5) is 0 Å².